The summed E-state index contributed by atoms with van der Waals surface area (Å²) in [5.41, 5.74) is 8.43. The van der Waals surface area contributed by atoms with E-state index >= 15 is 0 Å². The first-order chi connectivity index (χ1) is 8.43. The van der Waals surface area contributed by atoms with E-state index in [2.05, 4.69) is 15.3 Å². The van der Waals surface area contributed by atoms with Crippen molar-refractivity contribution in [2.75, 3.05) is 12.5 Å². The molecule has 0 aliphatic carbocycles. The Labute approximate surface area is 119 Å². The molecule has 1 rings (SSSR count). The predicted molar refractivity (Wildman–Crippen MR) is 73.4 cm³/mol. The van der Waals surface area contributed by atoms with E-state index in [9.17, 15) is 4.79 Å². The van der Waals surface area contributed by atoms with Crippen LogP contribution in [0.2, 0.25) is 15.1 Å². The Hall–Kier alpha value is -1.17. The van der Waals surface area contributed by atoms with Crippen molar-refractivity contribution in [2.45, 2.75) is 6.42 Å². The van der Waals surface area contributed by atoms with Crippen LogP contribution in [0.5, 0.6) is 0 Å². The summed E-state index contributed by atoms with van der Waals surface area (Å²) in [7, 11) is 1.26. The van der Waals surface area contributed by atoms with Gasteiger partial charge in [0.15, 0.2) is 0 Å². The van der Waals surface area contributed by atoms with Crippen LogP contribution in [-0.4, -0.2) is 18.9 Å². The van der Waals surface area contributed by atoms with Gasteiger partial charge in [0.1, 0.15) is 12.3 Å². The van der Waals surface area contributed by atoms with Crippen molar-refractivity contribution in [1.82, 2.24) is 0 Å². The van der Waals surface area contributed by atoms with Gasteiger partial charge in [-0.05, 0) is 12.1 Å². The number of benzene rings is 1. The maximum absolute atomic E-state index is 10.9. The number of methoxy groups -OCH3 is 1. The molecule has 0 radical (unpaired) electrons. The van der Waals surface area contributed by atoms with Crippen molar-refractivity contribution in [3.8, 4) is 0 Å². The molecule has 1 aromatic carbocycles. The van der Waals surface area contributed by atoms with Crippen molar-refractivity contribution >= 4 is 52.3 Å². The number of nitrogens with one attached hydrogen (secondary N) is 1. The molecule has 3 N–H and O–H groups in total. The normalized spacial score (nSPS) is 11.2. The van der Waals surface area contributed by atoms with E-state index in [1.807, 2.05) is 0 Å². The van der Waals surface area contributed by atoms with E-state index in [-0.39, 0.29) is 12.3 Å². The smallest absolute Gasteiger partial charge is 0.313 e. The van der Waals surface area contributed by atoms with Crippen LogP contribution in [0.25, 0.3) is 0 Å². The average molecular weight is 311 g/mol. The van der Waals surface area contributed by atoms with Crippen LogP contribution in [0.15, 0.2) is 17.2 Å². The first kappa shape index (κ1) is 14.9. The lowest BCUT2D eigenvalue weighted by molar-refractivity contribution is -0.139. The van der Waals surface area contributed by atoms with Crippen LogP contribution >= 0.6 is 34.8 Å². The molecule has 0 unspecified atom stereocenters. The van der Waals surface area contributed by atoms with E-state index in [0.717, 1.165) is 0 Å². The number of nitrogens with zero attached hydrogens (tertiary/aromatic N) is 1. The van der Waals surface area contributed by atoms with Crippen LogP contribution in [0.4, 0.5) is 5.69 Å². The number of hydrogen-bond donors (Lipinski definition) is 2. The molecule has 0 saturated carbocycles. The highest BCUT2D eigenvalue weighted by molar-refractivity contribution is 6.41. The molecule has 0 atom stereocenters. The molecule has 0 amide bonds. The highest BCUT2D eigenvalue weighted by Gasteiger charge is 2.08. The zero-order valence-electron chi connectivity index (χ0n) is 9.34. The maximum Gasteiger partial charge on any atom is 0.313 e. The summed E-state index contributed by atoms with van der Waals surface area (Å²) < 4.78 is 4.44. The minimum Gasteiger partial charge on any atom is -0.469 e. The van der Waals surface area contributed by atoms with E-state index < -0.39 is 5.97 Å². The molecule has 8 heteroatoms. The molecule has 1 aromatic rings. The SMILES string of the molecule is COC(=O)C/C(N)=N/Nc1c(Cl)cc(Cl)cc1Cl. The Morgan fingerprint density at radius 2 is 1.94 bits per heavy atom. The molecule has 98 valence electrons. The van der Waals surface area contributed by atoms with Gasteiger partial charge in [-0.1, -0.05) is 34.8 Å². The molecule has 0 aliphatic rings. The molecule has 0 bridgehead atoms. The van der Waals surface area contributed by atoms with Gasteiger partial charge in [0, 0.05) is 5.02 Å². The van der Waals surface area contributed by atoms with E-state index in [1.165, 1.54) is 19.2 Å². The van der Waals surface area contributed by atoms with Gasteiger partial charge < -0.3 is 10.5 Å². The van der Waals surface area contributed by atoms with Crippen LogP contribution < -0.4 is 11.2 Å². The molecule has 0 fully saturated rings. The summed E-state index contributed by atoms with van der Waals surface area (Å²) in [6.45, 7) is 0. The van der Waals surface area contributed by atoms with E-state index in [0.29, 0.717) is 20.8 Å². The number of anilines is 1. The third-order valence-electron chi connectivity index (χ3n) is 1.87. The molecule has 0 aliphatic heterocycles. The number of rotatable bonds is 4. The van der Waals surface area contributed by atoms with Crippen molar-refractivity contribution in [2.24, 2.45) is 10.8 Å². The van der Waals surface area contributed by atoms with Gasteiger partial charge in [-0.3, -0.25) is 10.2 Å². The van der Waals surface area contributed by atoms with Crippen molar-refractivity contribution in [3.05, 3.63) is 27.2 Å². The molecule has 18 heavy (non-hydrogen) atoms. The topological polar surface area (TPSA) is 76.7 Å². The largest absolute Gasteiger partial charge is 0.469 e. The number of hydrazone groups is 1. The fourth-order valence-electron chi connectivity index (χ4n) is 1.04. The van der Waals surface area contributed by atoms with Gasteiger partial charge in [-0.2, -0.15) is 5.10 Å². The van der Waals surface area contributed by atoms with E-state index in [4.69, 9.17) is 40.5 Å². The second kappa shape index (κ2) is 6.68. The first-order valence-electron chi connectivity index (χ1n) is 4.73. The summed E-state index contributed by atoms with van der Waals surface area (Å²) in [5, 5.41) is 4.76. The van der Waals surface area contributed by atoms with Gasteiger partial charge in [0.05, 0.1) is 22.8 Å². The standard InChI is InChI=1S/C10H10Cl3N3O2/c1-18-9(17)4-8(14)15-16-10-6(12)2-5(11)3-7(10)13/h2-3,16H,4H2,1H3,(H2,14,15). The minimum atomic E-state index is -0.494. The lowest BCUT2D eigenvalue weighted by atomic mass is 10.3. The van der Waals surface area contributed by atoms with Crippen LogP contribution in [0.1, 0.15) is 6.42 Å². The van der Waals surface area contributed by atoms with Crippen LogP contribution in [-0.2, 0) is 9.53 Å². The second-order valence-corrected chi connectivity index (χ2v) is 4.46. The Morgan fingerprint density at radius 3 is 2.44 bits per heavy atom. The molecule has 0 spiro atoms. The molecular weight excluding hydrogens is 300 g/mol. The van der Waals surface area contributed by atoms with Gasteiger partial charge in [-0.15, -0.1) is 0 Å². The zero-order chi connectivity index (χ0) is 13.7. The summed E-state index contributed by atoms with van der Waals surface area (Å²) in [6.07, 6.45) is -0.133. The van der Waals surface area contributed by atoms with Gasteiger partial charge in [-0.25, -0.2) is 0 Å². The summed E-state index contributed by atoms with van der Waals surface area (Å²) in [5.74, 6) is -0.449. The van der Waals surface area contributed by atoms with Crippen LogP contribution in [0.3, 0.4) is 0 Å². The lowest BCUT2D eigenvalue weighted by Crippen LogP contribution is -2.19. The predicted octanol–water partition coefficient (Wildman–Crippen LogP) is 2.89. The van der Waals surface area contributed by atoms with Crippen molar-refractivity contribution in [3.63, 3.8) is 0 Å². The maximum atomic E-state index is 10.9. The van der Waals surface area contributed by atoms with Crippen molar-refractivity contribution in [1.29, 1.82) is 0 Å². The number of esters is 1. The number of carbonyl (C=O) groups is 1. The number of amidine groups is 1. The Balaban J connectivity index is 2.80. The van der Waals surface area contributed by atoms with Crippen molar-refractivity contribution < 1.29 is 9.53 Å². The molecule has 0 heterocycles. The molecule has 0 saturated heterocycles. The Morgan fingerprint density at radius 1 is 1.39 bits per heavy atom. The first-order valence-corrected chi connectivity index (χ1v) is 5.87. The van der Waals surface area contributed by atoms with Gasteiger partial charge >= 0.3 is 5.97 Å². The highest BCUT2D eigenvalue weighted by atomic mass is 35.5. The number of ether oxygens (including phenoxy) is 1. The number of halogens is 3. The minimum absolute atomic E-state index is 0.0453. The Bertz CT molecular complexity index is 468. The fourth-order valence-corrected chi connectivity index (χ4v) is 1.94. The average Bonchev–Trinajstić information content (AvgIpc) is 2.27. The van der Waals surface area contributed by atoms with Gasteiger partial charge in [0.2, 0.25) is 0 Å². The lowest BCUT2D eigenvalue weighted by Gasteiger charge is -2.07. The third kappa shape index (κ3) is 4.25. The molecule has 0 aromatic heterocycles. The quantitative estimate of drug-likeness (QED) is 0.388. The molecule has 5 nitrogen and oxygen atoms in total. The summed E-state index contributed by atoms with van der Waals surface area (Å²) in [4.78, 5) is 10.9. The second-order valence-electron chi connectivity index (χ2n) is 3.21. The fraction of sp³-hybridized carbons (Fsp3) is 0.200. The monoisotopic (exact) mass is 309 g/mol. The summed E-state index contributed by atoms with van der Waals surface area (Å²) >= 11 is 17.6. The number of nitrogens with two attached hydrogens (primary N) is 1. The van der Waals surface area contributed by atoms with Gasteiger partial charge in [0.25, 0.3) is 0 Å². The Kier molecular flexibility index (Phi) is 5.53. The third-order valence-corrected chi connectivity index (χ3v) is 2.69. The van der Waals surface area contributed by atoms with E-state index in [1.54, 1.807) is 0 Å². The molecular formula is C10H10Cl3N3O2. The summed E-state index contributed by atoms with van der Waals surface area (Å²) in [6, 6.07) is 3.01. The highest BCUT2D eigenvalue weighted by Crippen LogP contribution is 2.33. The van der Waals surface area contributed by atoms with Crippen LogP contribution in [0, 0.1) is 0 Å². The number of carbonyl (C=O) groups excluding carboxylic acids is 1. The number of hydrogen-bond acceptors (Lipinski definition) is 4. The zero-order valence-corrected chi connectivity index (χ0v) is 11.6.